The van der Waals surface area contributed by atoms with Crippen molar-refractivity contribution in [3.05, 3.63) is 11.6 Å². The SMILES string of the molecule is CSCO/N=C(\C)[C@H]1CCC2[C@@H]3CCC4=CC(=O)CC[C@]4(C)C3CC[C@@]21C. The Morgan fingerprint density at radius 1 is 1.19 bits per heavy atom. The van der Waals surface area contributed by atoms with Gasteiger partial charge in [-0.05, 0) is 92.8 Å². The Morgan fingerprint density at radius 3 is 2.78 bits per heavy atom. The second-order valence-electron chi connectivity index (χ2n) is 9.91. The van der Waals surface area contributed by atoms with E-state index in [-0.39, 0.29) is 5.41 Å². The van der Waals surface area contributed by atoms with E-state index in [1.165, 1.54) is 43.4 Å². The molecule has 150 valence electrons. The van der Waals surface area contributed by atoms with Crippen LogP contribution in [0, 0.1) is 34.5 Å². The summed E-state index contributed by atoms with van der Waals surface area (Å²) in [5.41, 5.74) is 3.33. The van der Waals surface area contributed by atoms with Gasteiger partial charge in [-0.3, -0.25) is 4.79 Å². The third-order valence-electron chi connectivity index (χ3n) is 8.85. The lowest BCUT2D eigenvalue weighted by molar-refractivity contribution is -0.117. The summed E-state index contributed by atoms with van der Waals surface area (Å²) in [5.74, 6) is 3.98. The van der Waals surface area contributed by atoms with Crippen LogP contribution in [0.3, 0.4) is 0 Å². The largest absolute Gasteiger partial charge is 0.385 e. The minimum atomic E-state index is 0.279. The predicted octanol–water partition coefficient (Wildman–Crippen LogP) is 5.85. The van der Waals surface area contributed by atoms with Crippen LogP contribution in [0.4, 0.5) is 0 Å². The normalized spacial score (nSPS) is 44.2. The maximum Gasteiger partial charge on any atom is 0.162 e. The van der Waals surface area contributed by atoms with Crippen LogP contribution in [0.2, 0.25) is 0 Å². The average molecular weight is 390 g/mol. The van der Waals surface area contributed by atoms with E-state index in [9.17, 15) is 4.79 Å². The molecule has 4 aliphatic carbocycles. The number of nitrogens with zero attached hydrogens (tertiary/aromatic N) is 1. The minimum absolute atomic E-state index is 0.279. The van der Waals surface area contributed by atoms with Crippen molar-refractivity contribution in [3.63, 3.8) is 0 Å². The Hall–Kier alpha value is -0.770. The molecule has 3 fully saturated rings. The van der Waals surface area contributed by atoms with Gasteiger partial charge in [-0.2, -0.15) is 0 Å². The predicted molar refractivity (Wildman–Crippen MR) is 113 cm³/mol. The molecule has 3 nitrogen and oxygen atoms in total. The Morgan fingerprint density at radius 2 is 2.00 bits per heavy atom. The lowest BCUT2D eigenvalue weighted by atomic mass is 9.46. The molecule has 0 aromatic rings. The van der Waals surface area contributed by atoms with Crippen LogP contribution in [0.5, 0.6) is 0 Å². The number of hydrogen-bond acceptors (Lipinski definition) is 4. The number of rotatable bonds is 4. The first-order valence-electron chi connectivity index (χ1n) is 10.8. The zero-order valence-electron chi connectivity index (χ0n) is 17.4. The highest BCUT2D eigenvalue weighted by Gasteiger charge is 2.59. The molecular formula is C23H35NO2S. The monoisotopic (exact) mass is 389 g/mol. The molecule has 0 heterocycles. The molecule has 3 saturated carbocycles. The molecule has 0 aliphatic heterocycles. The lowest BCUT2D eigenvalue weighted by Crippen LogP contribution is -2.51. The van der Waals surface area contributed by atoms with Gasteiger partial charge in [0.1, 0.15) is 0 Å². The van der Waals surface area contributed by atoms with Crippen LogP contribution in [0.15, 0.2) is 16.8 Å². The van der Waals surface area contributed by atoms with Crippen LogP contribution in [0.25, 0.3) is 0 Å². The summed E-state index contributed by atoms with van der Waals surface area (Å²) in [6.45, 7) is 7.19. The number of allylic oxidation sites excluding steroid dienone is 1. The van der Waals surface area contributed by atoms with Gasteiger partial charge >= 0.3 is 0 Å². The number of carbonyl (C=O) groups excluding carboxylic acids is 1. The Balaban J connectivity index is 1.56. The highest BCUT2D eigenvalue weighted by Crippen LogP contribution is 2.66. The maximum absolute atomic E-state index is 12.0. The standard InChI is InChI=1S/C23H35NO2S/c1-15(24-26-14-27-4)19-7-8-20-18-6-5-16-13-17(25)9-11-22(16,2)21(18)10-12-23(19,20)3/h13,18-21H,5-12,14H2,1-4H3/b24-15+/t18-,19+,20?,21?,22-,23+/m0/s1. The van der Waals surface area contributed by atoms with Crippen molar-refractivity contribution in [2.75, 3.05) is 12.2 Å². The molecule has 0 aromatic carbocycles. The fourth-order valence-corrected chi connectivity index (χ4v) is 7.65. The third kappa shape index (κ3) is 3.10. The summed E-state index contributed by atoms with van der Waals surface area (Å²) >= 11 is 1.67. The van der Waals surface area contributed by atoms with Gasteiger partial charge < -0.3 is 4.84 Å². The molecule has 0 bridgehead atoms. The first kappa shape index (κ1) is 19.5. The van der Waals surface area contributed by atoms with Gasteiger partial charge in [0.15, 0.2) is 11.7 Å². The van der Waals surface area contributed by atoms with Gasteiger partial charge in [0, 0.05) is 12.3 Å². The summed E-state index contributed by atoms with van der Waals surface area (Å²) in [6, 6.07) is 0. The van der Waals surface area contributed by atoms with Crippen LogP contribution in [0.1, 0.15) is 72.1 Å². The fraction of sp³-hybridized carbons (Fsp3) is 0.826. The molecule has 0 amide bonds. The maximum atomic E-state index is 12.0. The second kappa shape index (κ2) is 7.24. The van der Waals surface area contributed by atoms with Crippen molar-refractivity contribution in [1.29, 1.82) is 0 Å². The Labute approximate surface area is 168 Å². The molecule has 2 unspecified atom stereocenters. The summed E-state index contributed by atoms with van der Waals surface area (Å²) in [7, 11) is 0. The van der Waals surface area contributed by atoms with E-state index >= 15 is 0 Å². The molecular weight excluding hydrogens is 354 g/mol. The first-order chi connectivity index (χ1) is 12.9. The van der Waals surface area contributed by atoms with Gasteiger partial charge in [-0.25, -0.2) is 0 Å². The summed E-state index contributed by atoms with van der Waals surface area (Å²) < 4.78 is 0. The van der Waals surface area contributed by atoms with Gasteiger partial charge in [-0.1, -0.05) is 24.6 Å². The van der Waals surface area contributed by atoms with Crippen molar-refractivity contribution in [1.82, 2.24) is 0 Å². The van der Waals surface area contributed by atoms with Crippen molar-refractivity contribution in [3.8, 4) is 0 Å². The molecule has 0 saturated heterocycles. The molecule has 27 heavy (non-hydrogen) atoms. The Bertz CT molecular complexity index is 671. The van der Waals surface area contributed by atoms with E-state index in [0.29, 0.717) is 23.1 Å². The molecule has 0 N–H and O–H groups in total. The molecule has 6 atom stereocenters. The zero-order chi connectivity index (χ0) is 19.2. The number of oxime groups is 1. The lowest BCUT2D eigenvalue weighted by Gasteiger charge is -2.58. The highest BCUT2D eigenvalue weighted by atomic mass is 32.2. The number of fused-ring (bicyclic) bond motifs is 5. The van der Waals surface area contributed by atoms with E-state index in [1.54, 1.807) is 11.8 Å². The quantitative estimate of drug-likeness (QED) is 0.262. The van der Waals surface area contributed by atoms with Crippen molar-refractivity contribution >= 4 is 23.3 Å². The molecule has 0 spiro atoms. The average Bonchev–Trinajstić information content (AvgIpc) is 3.00. The van der Waals surface area contributed by atoms with Crippen molar-refractivity contribution < 1.29 is 9.63 Å². The molecule has 0 radical (unpaired) electrons. The first-order valence-corrected chi connectivity index (χ1v) is 12.2. The van der Waals surface area contributed by atoms with E-state index in [0.717, 1.165) is 37.0 Å². The molecule has 4 rings (SSSR count). The van der Waals surface area contributed by atoms with Crippen molar-refractivity contribution in [2.24, 2.45) is 39.7 Å². The van der Waals surface area contributed by atoms with Crippen molar-refractivity contribution in [2.45, 2.75) is 72.1 Å². The van der Waals surface area contributed by atoms with Crippen LogP contribution < -0.4 is 0 Å². The number of hydrogen-bond donors (Lipinski definition) is 0. The summed E-state index contributed by atoms with van der Waals surface area (Å²) in [4.78, 5) is 17.5. The van der Waals surface area contributed by atoms with Crippen LogP contribution in [-0.2, 0) is 9.63 Å². The second-order valence-corrected chi connectivity index (χ2v) is 10.7. The van der Waals surface area contributed by atoms with Gasteiger partial charge in [-0.15, -0.1) is 11.8 Å². The summed E-state index contributed by atoms with van der Waals surface area (Å²) in [5, 5.41) is 4.47. The third-order valence-corrected chi connectivity index (χ3v) is 9.19. The highest BCUT2D eigenvalue weighted by molar-refractivity contribution is 7.98. The Kier molecular flexibility index (Phi) is 5.24. The number of carbonyl (C=O) groups is 1. The minimum Gasteiger partial charge on any atom is -0.385 e. The summed E-state index contributed by atoms with van der Waals surface area (Å²) in [6.07, 6.45) is 13.5. The van der Waals surface area contributed by atoms with Gasteiger partial charge in [0.2, 0.25) is 0 Å². The molecule has 4 heteroatoms. The zero-order valence-corrected chi connectivity index (χ0v) is 18.2. The van der Waals surface area contributed by atoms with Gasteiger partial charge in [0.05, 0.1) is 5.71 Å². The van der Waals surface area contributed by atoms with E-state index in [4.69, 9.17) is 4.84 Å². The van der Waals surface area contributed by atoms with E-state index in [1.807, 2.05) is 12.3 Å². The molecule has 0 aromatic heterocycles. The fourth-order valence-electron chi connectivity index (χ4n) is 7.49. The number of thioether (sulfide) groups is 1. The molecule has 4 aliphatic rings. The number of ketones is 1. The van der Waals surface area contributed by atoms with E-state index < -0.39 is 0 Å². The van der Waals surface area contributed by atoms with Gasteiger partial charge in [0.25, 0.3) is 0 Å². The smallest absolute Gasteiger partial charge is 0.162 e. The topological polar surface area (TPSA) is 38.7 Å². The van der Waals surface area contributed by atoms with Crippen LogP contribution >= 0.6 is 11.8 Å². The van der Waals surface area contributed by atoms with Crippen LogP contribution in [-0.4, -0.2) is 23.7 Å². The van der Waals surface area contributed by atoms with E-state index in [2.05, 4.69) is 25.9 Å².